The Labute approximate surface area is 191 Å². The van der Waals surface area contributed by atoms with Crippen LogP contribution in [0.2, 0.25) is 0 Å². The Morgan fingerprint density at radius 1 is 1.09 bits per heavy atom. The van der Waals surface area contributed by atoms with Gasteiger partial charge >= 0.3 is 5.97 Å². The van der Waals surface area contributed by atoms with Gasteiger partial charge in [-0.3, -0.25) is 14.4 Å². The monoisotopic (exact) mass is 447 g/mol. The van der Waals surface area contributed by atoms with Crippen molar-refractivity contribution >= 4 is 17.7 Å². The number of nitrogens with one attached hydrogen (secondary N) is 1. The average molecular weight is 448 g/mol. The fourth-order valence-electron chi connectivity index (χ4n) is 8.82. The van der Waals surface area contributed by atoms with Crippen LogP contribution in [0.25, 0.3) is 0 Å². The molecule has 0 saturated heterocycles. The van der Waals surface area contributed by atoms with E-state index < -0.39 is 5.97 Å². The molecule has 0 aromatic carbocycles. The van der Waals surface area contributed by atoms with E-state index in [1.165, 1.54) is 19.3 Å². The second kappa shape index (κ2) is 8.73. The number of hydrogen-bond donors (Lipinski definition) is 3. The highest BCUT2D eigenvalue weighted by molar-refractivity contribution is 5.83. The maximum absolute atomic E-state index is 13.2. The van der Waals surface area contributed by atoms with E-state index in [1.54, 1.807) is 0 Å². The van der Waals surface area contributed by atoms with Crippen molar-refractivity contribution in [2.75, 3.05) is 6.54 Å². The highest BCUT2D eigenvalue weighted by Crippen LogP contribution is 2.67. The van der Waals surface area contributed by atoms with Gasteiger partial charge in [-0.2, -0.15) is 0 Å². The Bertz CT molecular complexity index is 767. The summed E-state index contributed by atoms with van der Waals surface area (Å²) in [5.74, 6) is 1.82. The maximum atomic E-state index is 13.2. The summed E-state index contributed by atoms with van der Waals surface area (Å²) in [6.07, 6.45) is 8.70. The third-order valence-corrected chi connectivity index (χ3v) is 10.5. The van der Waals surface area contributed by atoms with Gasteiger partial charge in [0.1, 0.15) is 12.3 Å². The number of carbonyl (C=O) groups is 3. The van der Waals surface area contributed by atoms with E-state index in [0.717, 1.165) is 25.7 Å². The normalized spacial score (nSPS) is 44.2. The molecule has 1 amide bonds. The van der Waals surface area contributed by atoms with Crippen LogP contribution in [-0.2, 0) is 14.4 Å². The molecule has 3 N–H and O–H groups in total. The zero-order valence-corrected chi connectivity index (χ0v) is 19.9. The molecule has 4 fully saturated rings. The minimum absolute atomic E-state index is 0.0392. The molecular formula is C26H41NO5. The largest absolute Gasteiger partial charge is 0.480 e. The summed E-state index contributed by atoms with van der Waals surface area (Å²) in [6, 6.07) is 0. The van der Waals surface area contributed by atoms with E-state index in [1.807, 2.05) is 0 Å². The van der Waals surface area contributed by atoms with Gasteiger partial charge in [-0.05, 0) is 91.8 Å². The van der Waals surface area contributed by atoms with Crippen molar-refractivity contribution in [3.05, 3.63) is 0 Å². The molecule has 0 aromatic rings. The number of carboxylic acid groups (broad SMARTS) is 1. The molecule has 4 rings (SSSR count). The molecule has 32 heavy (non-hydrogen) atoms. The van der Waals surface area contributed by atoms with Gasteiger partial charge in [-0.25, -0.2) is 0 Å². The Morgan fingerprint density at radius 3 is 2.50 bits per heavy atom. The zero-order valence-electron chi connectivity index (χ0n) is 19.9. The Morgan fingerprint density at radius 2 is 1.78 bits per heavy atom. The average Bonchev–Trinajstić information content (AvgIpc) is 3.09. The first-order chi connectivity index (χ1) is 15.1. The third kappa shape index (κ3) is 4.01. The van der Waals surface area contributed by atoms with Gasteiger partial charge in [0.25, 0.3) is 0 Å². The molecule has 0 aliphatic heterocycles. The second-order valence-electron chi connectivity index (χ2n) is 11.9. The lowest BCUT2D eigenvalue weighted by Crippen LogP contribution is -2.57. The van der Waals surface area contributed by atoms with E-state index >= 15 is 0 Å². The number of aliphatic hydroxyl groups is 1. The third-order valence-electron chi connectivity index (χ3n) is 10.5. The topological polar surface area (TPSA) is 104 Å². The van der Waals surface area contributed by atoms with Crippen molar-refractivity contribution in [2.45, 2.75) is 91.1 Å². The minimum atomic E-state index is -1.01. The number of aliphatic hydroxyl groups excluding tert-OH is 1. The highest BCUT2D eigenvalue weighted by Gasteiger charge is 2.62. The van der Waals surface area contributed by atoms with E-state index in [4.69, 9.17) is 5.11 Å². The molecule has 180 valence electrons. The van der Waals surface area contributed by atoms with Crippen LogP contribution >= 0.6 is 0 Å². The number of aliphatic carboxylic acids is 1. The van der Waals surface area contributed by atoms with E-state index in [2.05, 4.69) is 26.1 Å². The fraction of sp³-hybridized carbons (Fsp3) is 0.885. The van der Waals surface area contributed by atoms with Crippen LogP contribution in [0.3, 0.4) is 0 Å². The van der Waals surface area contributed by atoms with Gasteiger partial charge in [0.2, 0.25) is 5.91 Å². The number of rotatable bonds is 6. The Kier molecular flexibility index (Phi) is 6.47. The first-order valence-corrected chi connectivity index (χ1v) is 12.8. The number of fused-ring (bicyclic) bond motifs is 5. The quantitative estimate of drug-likeness (QED) is 0.575. The standard InChI is InChI=1S/C26H41NO5/c1-15(4-7-23(30)27-14-24(31)32)18-5-6-19-17-13-22(29)21-12-16(28)8-10-26(21,3)20(17)9-11-25(18,19)2/h15-21,28H,4-14H2,1-3H3,(H,27,30)(H,31,32)/t15-,16-,17+,18-,19+,20+,21+,25-,26-/m1/s1. The van der Waals surface area contributed by atoms with Gasteiger partial charge in [-0.15, -0.1) is 0 Å². The predicted molar refractivity (Wildman–Crippen MR) is 121 cm³/mol. The lowest BCUT2D eigenvalue weighted by molar-refractivity contribution is -0.160. The van der Waals surface area contributed by atoms with Gasteiger partial charge in [0.15, 0.2) is 0 Å². The molecule has 0 unspecified atom stereocenters. The molecule has 6 nitrogen and oxygen atoms in total. The van der Waals surface area contributed by atoms with Crippen molar-refractivity contribution in [2.24, 2.45) is 46.3 Å². The van der Waals surface area contributed by atoms with Gasteiger partial charge in [0.05, 0.1) is 6.10 Å². The van der Waals surface area contributed by atoms with E-state index in [9.17, 15) is 19.5 Å². The molecule has 0 spiro atoms. The first kappa shape index (κ1) is 23.7. The number of carboxylic acids is 1. The number of hydrogen-bond acceptors (Lipinski definition) is 4. The SMILES string of the molecule is C[C@H](CCC(=O)NCC(=O)O)[C@H]1CC[C@H]2[C@@H]3CC(=O)[C@@H]4C[C@H](O)CC[C@]4(C)[C@H]3CC[C@]12C. The number of Topliss-reactive ketones (excluding diaryl/α,β-unsaturated/α-hetero) is 1. The maximum Gasteiger partial charge on any atom is 0.322 e. The van der Waals surface area contributed by atoms with Crippen LogP contribution in [0.1, 0.15) is 85.0 Å². The number of amides is 1. The summed E-state index contributed by atoms with van der Waals surface area (Å²) in [5, 5.41) is 21.4. The van der Waals surface area contributed by atoms with Crippen LogP contribution in [0.4, 0.5) is 0 Å². The summed E-state index contributed by atoms with van der Waals surface area (Å²) in [6.45, 7) is 6.72. The van der Waals surface area contributed by atoms with Crippen LogP contribution in [0, 0.1) is 46.3 Å². The zero-order chi connectivity index (χ0) is 23.3. The molecule has 0 bridgehead atoms. The van der Waals surface area contributed by atoms with Crippen LogP contribution < -0.4 is 5.32 Å². The lowest BCUT2D eigenvalue weighted by Gasteiger charge is -2.60. The van der Waals surface area contributed by atoms with Crippen LogP contribution in [-0.4, -0.2) is 40.5 Å². The fourth-order valence-corrected chi connectivity index (χ4v) is 8.82. The lowest BCUT2D eigenvalue weighted by atomic mass is 9.44. The highest BCUT2D eigenvalue weighted by atomic mass is 16.4. The number of carbonyl (C=O) groups excluding carboxylic acids is 2. The van der Waals surface area contributed by atoms with E-state index in [-0.39, 0.29) is 35.3 Å². The molecule has 0 radical (unpaired) electrons. The molecular weight excluding hydrogens is 406 g/mol. The summed E-state index contributed by atoms with van der Waals surface area (Å²) in [7, 11) is 0. The van der Waals surface area contributed by atoms with Gasteiger partial charge in [-0.1, -0.05) is 20.8 Å². The number of ketones is 1. The summed E-state index contributed by atoms with van der Waals surface area (Å²) >= 11 is 0. The summed E-state index contributed by atoms with van der Waals surface area (Å²) in [4.78, 5) is 35.9. The first-order valence-electron chi connectivity index (χ1n) is 12.8. The van der Waals surface area contributed by atoms with Crippen LogP contribution in [0.5, 0.6) is 0 Å². The molecule has 4 saturated carbocycles. The van der Waals surface area contributed by atoms with Gasteiger partial charge < -0.3 is 15.5 Å². The summed E-state index contributed by atoms with van der Waals surface area (Å²) < 4.78 is 0. The van der Waals surface area contributed by atoms with Crippen molar-refractivity contribution < 1.29 is 24.6 Å². The molecule has 4 aliphatic rings. The minimum Gasteiger partial charge on any atom is -0.480 e. The molecule has 0 heterocycles. The summed E-state index contributed by atoms with van der Waals surface area (Å²) in [5.41, 5.74) is 0.266. The Hall–Kier alpha value is -1.43. The van der Waals surface area contributed by atoms with Crippen LogP contribution in [0.15, 0.2) is 0 Å². The van der Waals surface area contributed by atoms with Gasteiger partial charge in [0, 0.05) is 18.8 Å². The second-order valence-corrected chi connectivity index (χ2v) is 11.9. The molecule has 4 aliphatic carbocycles. The molecule has 9 atom stereocenters. The van der Waals surface area contributed by atoms with Crippen molar-refractivity contribution in [1.29, 1.82) is 0 Å². The predicted octanol–water partition coefficient (Wildman–Crippen LogP) is 3.80. The van der Waals surface area contributed by atoms with Crippen molar-refractivity contribution in [3.63, 3.8) is 0 Å². The van der Waals surface area contributed by atoms with Crippen molar-refractivity contribution in [3.8, 4) is 0 Å². The molecule has 6 heteroatoms. The molecule has 0 aromatic heterocycles. The van der Waals surface area contributed by atoms with Crippen molar-refractivity contribution in [1.82, 2.24) is 5.32 Å². The Balaban J connectivity index is 1.44. The van der Waals surface area contributed by atoms with E-state index in [0.29, 0.717) is 54.6 Å². The smallest absolute Gasteiger partial charge is 0.322 e.